The van der Waals surface area contributed by atoms with Crippen molar-refractivity contribution in [3.05, 3.63) is 16.6 Å². The number of carbonyl (C=O) groups is 1. The molecule has 0 bridgehead atoms. The first-order chi connectivity index (χ1) is 7.77. The molecule has 0 aliphatic heterocycles. The van der Waals surface area contributed by atoms with Gasteiger partial charge in [-0.2, -0.15) is 0 Å². The Morgan fingerprint density at radius 2 is 2.25 bits per heavy atom. The Morgan fingerprint density at radius 1 is 1.50 bits per heavy atom. The van der Waals surface area contributed by atoms with Gasteiger partial charge in [0.25, 0.3) is 0 Å². The maximum Gasteiger partial charge on any atom is 0.205 e. The molecule has 16 heavy (non-hydrogen) atoms. The number of nitrogens with one attached hydrogen (secondary N) is 1. The molecule has 0 unspecified atom stereocenters. The summed E-state index contributed by atoms with van der Waals surface area (Å²) in [6, 6.07) is 0. The van der Waals surface area contributed by atoms with Crippen LogP contribution in [0.1, 0.15) is 42.9 Å². The number of hydrogen-bond acceptors (Lipinski definition) is 4. The number of rotatable bonds is 8. The Balaban J connectivity index is 2.14. The third-order valence-electron chi connectivity index (χ3n) is 2.84. The molecule has 0 fully saturated rings. The SMILES string of the molecule is CCC(CC)CCNCC(=O)c1nccs1. The van der Waals surface area contributed by atoms with Gasteiger partial charge in [-0.15, -0.1) is 11.3 Å². The first-order valence-corrected chi connectivity index (χ1v) is 6.79. The van der Waals surface area contributed by atoms with Crippen LogP contribution in [0.25, 0.3) is 0 Å². The molecular formula is C12H20N2OS. The monoisotopic (exact) mass is 240 g/mol. The van der Waals surface area contributed by atoms with Crippen molar-refractivity contribution in [1.29, 1.82) is 0 Å². The van der Waals surface area contributed by atoms with Crippen LogP contribution in [-0.4, -0.2) is 23.9 Å². The summed E-state index contributed by atoms with van der Waals surface area (Å²) in [5.74, 6) is 0.877. The summed E-state index contributed by atoms with van der Waals surface area (Å²) in [6.07, 6.45) is 5.26. The molecule has 90 valence electrons. The minimum atomic E-state index is 0.0968. The molecule has 4 heteroatoms. The third-order valence-corrected chi connectivity index (χ3v) is 3.65. The molecule has 0 radical (unpaired) electrons. The molecule has 0 saturated carbocycles. The maximum atomic E-state index is 11.6. The number of carbonyl (C=O) groups excluding carboxylic acids is 1. The van der Waals surface area contributed by atoms with Crippen molar-refractivity contribution < 1.29 is 4.79 Å². The van der Waals surface area contributed by atoms with Crippen LogP contribution in [0.4, 0.5) is 0 Å². The Bertz CT molecular complexity index is 294. The highest BCUT2D eigenvalue weighted by Crippen LogP contribution is 2.11. The summed E-state index contributed by atoms with van der Waals surface area (Å²) in [6.45, 7) is 5.76. The van der Waals surface area contributed by atoms with Crippen LogP contribution in [0.2, 0.25) is 0 Å². The highest BCUT2D eigenvalue weighted by Gasteiger charge is 2.08. The van der Waals surface area contributed by atoms with Gasteiger partial charge < -0.3 is 5.32 Å². The van der Waals surface area contributed by atoms with Crippen molar-refractivity contribution >= 4 is 17.1 Å². The first kappa shape index (κ1) is 13.3. The summed E-state index contributed by atoms with van der Waals surface area (Å²) in [7, 11) is 0. The van der Waals surface area contributed by atoms with Crippen molar-refractivity contribution in [2.75, 3.05) is 13.1 Å². The molecule has 1 N–H and O–H groups in total. The average molecular weight is 240 g/mol. The second-order valence-electron chi connectivity index (χ2n) is 3.91. The highest BCUT2D eigenvalue weighted by molar-refractivity contribution is 7.11. The quantitative estimate of drug-likeness (QED) is 0.561. The lowest BCUT2D eigenvalue weighted by Crippen LogP contribution is -2.25. The Morgan fingerprint density at radius 3 is 2.81 bits per heavy atom. The zero-order chi connectivity index (χ0) is 11.8. The third kappa shape index (κ3) is 4.41. The summed E-state index contributed by atoms with van der Waals surface area (Å²) in [5, 5.41) is 5.63. The molecule has 0 saturated heterocycles. The average Bonchev–Trinajstić information content (AvgIpc) is 2.82. The predicted molar refractivity (Wildman–Crippen MR) is 68.0 cm³/mol. The largest absolute Gasteiger partial charge is 0.310 e. The second kappa shape index (κ2) is 7.52. The lowest BCUT2D eigenvalue weighted by molar-refractivity contribution is 0.0990. The van der Waals surface area contributed by atoms with Crippen LogP contribution in [0.3, 0.4) is 0 Å². The number of Topliss-reactive ketones (excluding diaryl/α,β-unsaturated/α-hetero) is 1. The van der Waals surface area contributed by atoms with E-state index in [-0.39, 0.29) is 5.78 Å². The molecule has 0 aliphatic rings. The van der Waals surface area contributed by atoms with Crippen LogP contribution in [0.5, 0.6) is 0 Å². The molecule has 0 spiro atoms. The van der Waals surface area contributed by atoms with Gasteiger partial charge in [0.15, 0.2) is 5.01 Å². The van der Waals surface area contributed by atoms with Gasteiger partial charge in [-0.25, -0.2) is 4.98 Å². The lowest BCUT2D eigenvalue weighted by Gasteiger charge is -2.11. The van der Waals surface area contributed by atoms with Crippen LogP contribution in [0.15, 0.2) is 11.6 Å². The maximum absolute atomic E-state index is 11.6. The molecule has 0 amide bonds. The van der Waals surface area contributed by atoms with E-state index < -0.39 is 0 Å². The number of ketones is 1. The fourth-order valence-corrected chi connectivity index (χ4v) is 2.22. The van der Waals surface area contributed by atoms with E-state index in [1.54, 1.807) is 6.20 Å². The lowest BCUT2D eigenvalue weighted by atomic mass is 10.00. The molecule has 0 atom stereocenters. The fraction of sp³-hybridized carbons (Fsp3) is 0.667. The van der Waals surface area contributed by atoms with Gasteiger partial charge in [0.05, 0.1) is 6.54 Å². The number of thiazole rings is 1. The minimum absolute atomic E-state index is 0.0968. The van der Waals surface area contributed by atoms with Crippen LogP contribution in [-0.2, 0) is 0 Å². The summed E-state index contributed by atoms with van der Waals surface area (Å²) >= 11 is 1.40. The zero-order valence-electron chi connectivity index (χ0n) is 10.0. The summed E-state index contributed by atoms with van der Waals surface area (Å²) in [5.41, 5.74) is 0. The fourth-order valence-electron chi connectivity index (χ4n) is 1.64. The molecule has 1 aromatic heterocycles. The molecule has 0 aliphatic carbocycles. The van der Waals surface area contributed by atoms with E-state index in [2.05, 4.69) is 24.1 Å². The van der Waals surface area contributed by atoms with Gasteiger partial charge in [0.2, 0.25) is 5.78 Å². The van der Waals surface area contributed by atoms with E-state index >= 15 is 0 Å². The normalized spacial score (nSPS) is 10.9. The van der Waals surface area contributed by atoms with Gasteiger partial charge in [0, 0.05) is 11.6 Å². The smallest absolute Gasteiger partial charge is 0.205 e. The summed E-state index contributed by atoms with van der Waals surface area (Å²) < 4.78 is 0. The molecule has 1 heterocycles. The van der Waals surface area contributed by atoms with Crippen molar-refractivity contribution in [2.45, 2.75) is 33.1 Å². The first-order valence-electron chi connectivity index (χ1n) is 5.91. The highest BCUT2D eigenvalue weighted by atomic mass is 32.1. The molecule has 0 aromatic carbocycles. The van der Waals surface area contributed by atoms with E-state index in [9.17, 15) is 4.79 Å². The molecule has 1 aromatic rings. The van der Waals surface area contributed by atoms with Gasteiger partial charge in [-0.1, -0.05) is 26.7 Å². The van der Waals surface area contributed by atoms with Gasteiger partial charge in [0.1, 0.15) is 0 Å². The van der Waals surface area contributed by atoms with Gasteiger partial charge >= 0.3 is 0 Å². The van der Waals surface area contributed by atoms with Crippen LogP contribution >= 0.6 is 11.3 Å². The molecular weight excluding hydrogens is 220 g/mol. The number of nitrogens with zero attached hydrogens (tertiary/aromatic N) is 1. The van der Waals surface area contributed by atoms with E-state index in [0.717, 1.165) is 18.9 Å². The van der Waals surface area contributed by atoms with Crippen molar-refractivity contribution in [2.24, 2.45) is 5.92 Å². The van der Waals surface area contributed by atoms with E-state index in [4.69, 9.17) is 0 Å². The molecule has 3 nitrogen and oxygen atoms in total. The molecule has 1 rings (SSSR count). The Labute approximate surface area is 101 Å². The van der Waals surface area contributed by atoms with Crippen molar-refractivity contribution in [3.63, 3.8) is 0 Å². The summed E-state index contributed by atoms with van der Waals surface area (Å²) in [4.78, 5) is 15.6. The van der Waals surface area contributed by atoms with E-state index in [1.165, 1.54) is 24.2 Å². The van der Waals surface area contributed by atoms with Crippen LogP contribution in [0, 0.1) is 5.92 Å². The topological polar surface area (TPSA) is 42.0 Å². The van der Waals surface area contributed by atoms with E-state index in [0.29, 0.717) is 11.6 Å². The van der Waals surface area contributed by atoms with E-state index in [1.807, 2.05) is 5.38 Å². The predicted octanol–water partition coefficient (Wildman–Crippen LogP) is 2.74. The standard InChI is InChI=1S/C12H20N2OS/c1-3-10(4-2)5-6-13-9-11(15)12-14-7-8-16-12/h7-8,10,13H,3-6,9H2,1-2H3. The minimum Gasteiger partial charge on any atom is -0.310 e. The number of hydrogen-bond donors (Lipinski definition) is 1. The second-order valence-corrected chi connectivity index (χ2v) is 4.80. The van der Waals surface area contributed by atoms with Gasteiger partial charge in [-0.05, 0) is 18.9 Å². The zero-order valence-corrected chi connectivity index (χ0v) is 10.8. The van der Waals surface area contributed by atoms with Crippen molar-refractivity contribution in [3.8, 4) is 0 Å². The Hall–Kier alpha value is -0.740. The van der Waals surface area contributed by atoms with Crippen molar-refractivity contribution in [1.82, 2.24) is 10.3 Å². The number of aromatic nitrogens is 1. The Kier molecular flexibility index (Phi) is 6.26. The van der Waals surface area contributed by atoms with Gasteiger partial charge in [-0.3, -0.25) is 4.79 Å². The van der Waals surface area contributed by atoms with Crippen LogP contribution < -0.4 is 5.32 Å².